The Morgan fingerprint density at radius 2 is 2.13 bits per heavy atom. The van der Waals surface area contributed by atoms with E-state index in [0.717, 1.165) is 11.3 Å². The molecule has 120 valence electrons. The molecule has 1 atom stereocenters. The first-order chi connectivity index (χ1) is 10.9. The summed E-state index contributed by atoms with van der Waals surface area (Å²) >= 11 is 6.83. The van der Waals surface area contributed by atoms with Crippen molar-refractivity contribution >= 4 is 45.7 Å². The first-order valence-corrected chi connectivity index (χ1v) is 7.65. The number of carbonyl (C=O) groups is 3. The predicted octanol–water partition coefficient (Wildman–Crippen LogP) is 2.08. The Morgan fingerprint density at radius 1 is 1.39 bits per heavy atom. The van der Waals surface area contributed by atoms with Gasteiger partial charge in [0, 0.05) is 6.20 Å². The van der Waals surface area contributed by atoms with Crippen molar-refractivity contribution in [1.82, 2.24) is 4.98 Å². The molecule has 9 heteroatoms. The number of anilines is 1. The van der Waals surface area contributed by atoms with Gasteiger partial charge in [-0.15, -0.1) is 11.3 Å². The van der Waals surface area contributed by atoms with Crippen molar-refractivity contribution in [2.24, 2.45) is 5.73 Å². The highest BCUT2D eigenvalue weighted by atomic mass is 35.5. The van der Waals surface area contributed by atoms with E-state index in [1.54, 1.807) is 5.38 Å². The number of ether oxygens (including phenoxy) is 1. The van der Waals surface area contributed by atoms with Crippen molar-refractivity contribution in [3.63, 3.8) is 0 Å². The van der Waals surface area contributed by atoms with E-state index < -0.39 is 23.9 Å². The Kier molecular flexibility index (Phi) is 5.30. The second kappa shape index (κ2) is 7.21. The molecule has 3 N–H and O–H groups in total. The standard InChI is InChI=1S/C14H12ClN3O4S/c1-7(22-14(21)8-2-4-17-10(15)6-8)12(20)18-13-9(11(16)19)3-5-23-13/h2-7H,1H3,(H2,16,19)(H,18,20). The smallest absolute Gasteiger partial charge is 0.339 e. The average molecular weight is 354 g/mol. The van der Waals surface area contributed by atoms with Gasteiger partial charge in [-0.2, -0.15) is 0 Å². The first kappa shape index (κ1) is 16.9. The van der Waals surface area contributed by atoms with Crippen LogP contribution in [0.1, 0.15) is 27.6 Å². The number of halogens is 1. The van der Waals surface area contributed by atoms with E-state index >= 15 is 0 Å². The molecule has 2 rings (SSSR count). The lowest BCUT2D eigenvalue weighted by Crippen LogP contribution is -2.30. The minimum atomic E-state index is -1.07. The van der Waals surface area contributed by atoms with Gasteiger partial charge in [0.05, 0.1) is 11.1 Å². The molecule has 2 aromatic heterocycles. The van der Waals surface area contributed by atoms with Crippen LogP contribution in [0.4, 0.5) is 5.00 Å². The molecule has 0 saturated carbocycles. The first-order valence-electron chi connectivity index (χ1n) is 6.39. The summed E-state index contributed by atoms with van der Waals surface area (Å²) in [6.07, 6.45) is 0.284. The minimum absolute atomic E-state index is 0.140. The van der Waals surface area contributed by atoms with Crippen LogP contribution >= 0.6 is 22.9 Å². The molecule has 1 unspecified atom stereocenters. The quantitative estimate of drug-likeness (QED) is 0.631. The summed E-state index contributed by atoms with van der Waals surface area (Å²) in [4.78, 5) is 38.9. The van der Waals surface area contributed by atoms with Crippen LogP contribution in [0.5, 0.6) is 0 Å². The average Bonchev–Trinajstić information content (AvgIpc) is 2.95. The Balaban J connectivity index is 2.01. The molecule has 23 heavy (non-hydrogen) atoms. The number of aromatic nitrogens is 1. The number of nitrogens with zero attached hydrogens (tertiary/aromatic N) is 1. The molecule has 7 nitrogen and oxygen atoms in total. The third kappa shape index (κ3) is 4.27. The molecule has 0 spiro atoms. The van der Waals surface area contributed by atoms with Crippen molar-refractivity contribution in [2.75, 3.05) is 5.32 Å². The molecule has 0 saturated heterocycles. The maximum Gasteiger partial charge on any atom is 0.339 e. The van der Waals surface area contributed by atoms with Gasteiger partial charge in [0.1, 0.15) is 10.2 Å². The van der Waals surface area contributed by atoms with Gasteiger partial charge in [-0.3, -0.25) is 9.59 Å². The fraction of sp³-hybridized carbons (Fsp3) is 0.143. The molecule has 0 aliphatic rings. The van der Waals surface area contributed by atoms with Crippen molar-refractivity contribution in [1.29, 1.82) is 0 Å². The van der Waals surface area contributed by atoms with E-state index in [-0.39, 0.29) is 16.3 Å². The third-order valence-electron chi connectivity index (χ3n) is 2.78. The molecule has 0 fully saturated rings. The molecule has 0 aromatic carbocycles. The summed E-state index contributed by atoms with van der Waals surface area (Å²) in [5.74, 6) is -1.95. The highest BCUT2D eigenvalue weighted by molar-refractivity contribution is 7.14. The van der Waals surface area contributed by atoms with Gasteiger partial charge in [-0.1, -0.05) is 11.6 Å². The lowest BCUT2D eigenvalue weighted by molar-refractivity contribution is -0.123. The maximum atomic E-state index is 12.0. The molecule has 0 aliphatic carbocycles. The van der Waals surface area contributed by atoms with Crippen LogP contribution in [0, 0.1) is 0 Å². The zero-order valence-electron chi connectivity index (χ0n) is 11.9. The van der Waals surface area contributed by atoms with Gasteiger partial charge in [0.2, 0.25) is 0 Å². The summed E-state index contributed by atoms with van der Waals surface area (Å²) in [5, 5.41) is 4.56. The van der Waals surface area contributed by atoms with E-state index in [2.05, 4.69) is 10.3 Å². The van der Waals surface area contributed by atoms with E-state index in [9.17, 15) is 14.4 Å². The van der Waals surface area contributed by atoms with Gasteiger partial charge in [0.15, 0.2) is 6.10 Å². The number of thiophene rings is 1. The number of nitrogens with two attached hydrogens (primary N) is 1. The Hall–Kier alpha value is -2.45. The molecule has 0 bridgehead atoms. The van der Waals surface area contributed by atoms with Crippen molar-refractivity contribution in [2.45, 2.75) is 13.0 Å². The Bertz CT molecular complexity index is 762. The van der Waals surface area contributed by atoms with Crippen LogP contribution in [-0.2, 0) is 9.53 Å². The second-order valence-electron chi connectivity index (χ2n) is 4.43. The molecule has 2 heterocycles. The van der Waals surface area contributed by atoms with Gasteiger partial charge >= 0.3 is 5.97 Å². The largest absolute Gasteiger partial charge is 0.449 e. The van der Waals surface area contributed by atoms with E-state index in [0.29, 0.717) is 5.00 Å². The SMILES string of the molecule is CC(OC(=O)c1ccnc(Cl)c1)C(=O)Nc1sccc1C(N)=O. The number of pyridine rings is 1. The zero-order chi connectivity index (χ0) is 17.0. The van der Waals surface area contributed by atoms with Crippen LogP contribution < -0.4 is 11.1 Å². The molecule has 0 aliphatic heterocycles. The van der Waals surface area contributed by atoms with Crippen LogP contribution in [0.15, 0.2) is 29.8 Å². The summed E-state index contributed by atoms with van der Waals surface area (Å²) in [7, 11) is 0. The highest BCUT2D eigenvalue weighted by Crippen LogP contribution is 2.23. The molecular formula is C14H12ClN3O4S. The summed E-state index contributed by atoms with van der Waals surface area (Å²) in [5.41, 5.74) is 5.57. The zero-order valence-corrected chi connectivity index (χ0v) is 13.5. The van der Waals surface area contributed by atoms with Gasteiger partial charge in [0.25, 0.3) is 11.8 Å². The topological polar surface area (TPSA) is 111 Å². The fourth-order valence-electron chi connectivity index (χ4n) is 1.63. The number of amides is 2. The third-order valence-corrected chi connectivity index (χ3v) is 3.82. The maximum absolute atomic E-state index is 12.0. The normalized spacial score (nSPS) is 11.6. The van der Waals surface area contributed by atoms with Gasteiger partial charge in [-0.25, -0.2) is 9.78 Å². The van der Waals surface area contributed by atoms with E-state index in [4.69, 9.17) is 22.1 Å². The van der Waals surface area contributed by atoms with Gasteiger partial charge in [-0.05, 0) is 30.5 Å². The van der Waals surface area contributed by atoms with Gasteiger partial charge < -0.3 is 15.8 Å². The number of carbonyl (C=O) groups excluding carboxylic acids is 3. The number of nitrogens with one attached hydrogen (secondary N) is 1. The summed E-state index contributed by atoms with van der Waals surface area (Å²) in [6.45, 7) is 1.41. The van der Waals surface area contributed by atoms with Crippen LogP contribution in [-0.4, -0.2) is 28.9 Å². The Labute approximate surface area is 140 Å². The lowest BCUT2D eigenvalue weighted by atomic mass is 10.2. The minimum Gasteiger partial charge on any atom is -0.449 e. The molecule has 0 radical (unpaired) electrons. The predicted molar refractivity (Wildman–Crippen MR) is 85.6 cm³/mol. The van der Waals surface area contributed by atoms with E-state index in [1.165, 1.54) is 31.3 Å². The molecule has 2 amide bonds. The monoisotopic (exact) mass is 353 g/mol. The number of primary amides is 1. The Morgan fingerprint density at radius 3 is 2.78 bits per heavy atom. The van der Waals surface area contributed by atoms with Crippen molar-refractivity contribution < 1.29 is 19.1 Å². The van der Waals surface area contributed by atoms with Crippen molar-refractivity contribution in [3.8, 4) is 0 Å². The summed E-state index contributed by atoms with van der Waals surface area (Å²) in [6, 6.07) is 4.25. The fourth-order valence-corrected chi connectivity index (χ4v) is 2.59. The molecule has 2 aromatic rings. The number of rotatable bonds is 5. The van der Waals surface area contributed by atoms with Crippen molar-refractivity contribution in [3.05, 3.63) is 46.1 Å². The summed E-state index contributed by atoms with van der Waals surface area (Å²) < 4.78 is 5.05. The lowest BCUT2D eigenvalue weighted by Gasteiger charge is -2.13. The van der Waals surface area contributed by atoms with E-state index in [1.807, 2.05) is 0 Å². The number of hydrogen-bond donors (Lipinski definition) is 2. The van der Waals surface area contributed by atoms with Crippen LogP contribution in [0.3, 0.4) is 0 Å². The number of hydrogen-bond acceptors (Lipinski definition) is 6. The highest BCUT2D eigenvalue weighted by Gasteiger charge is 2.21. The molecular weight excluding hydrogens is 342 g/mol. The second-order valence-corrected chi connectivity index (χ2v) is 5.74. The number of esters is 1. The van der Waals surface area contributed by atoms with Crippen LogP contribution in [0.2, 0.25) is 5.15 Å². The van der Waals surface area contributed by atoms with Crippen LogP contribution in [0.25, 0.3) is 0 Å².